The van der Waals surface area contributed by atoms with Gasteiger partial charge in [-0.3, -0.25) is 9.69 Å². The molecule has 1 saturated heterocycles. The van der Waals surface area contributed by atoms with E-state index in [1.54, 1.807) is 0 Å². The van der Waals surface area contributed by atoms with Crippen LogP contribution >= 0.6 is 11.3 Å². The molecule has 1 amide bonds. The second-order valence-corrected chi connectivity index (χ2v) is 7.23. The van der Waals surface area contributed by atoms with Crippen LogP contribution in [-0.4, -0.2) is 35.7 Å². The maximum atomic E-state index is 13.8. The smallest absolute Gasteiger partial charge is 0.378 e. The number of anilines is 1. The Kier molecular flexibility index (Phi) is 5.24. The molecular formula is C17H15F5N2O2S. The first-order valence-corrected chi connectivity index (χ1v) is 8.76. The predicted octanol–water partition coefficient (Wildman–Crippen LogP) is 3.65. The second kappa shape index (κ2) is 7.17. The minimum atomic E-state index is -4.51. The van der Waals surface area contributed by atoms with Crippen LogP contribution in [0.25, 0.3) is 0 Å². The van der Waals surface area contributed by atoms with Crippen molar-refractivity contribution in [2.24, 2.45) is 5.92 Å². The molecule has 1 unspecified atom stereocenters. The number of amides is 1. The van der Waals surface area contributed by atoms with Crippen LogP contribution < -0.4 is 5.32 Å². The van der Waals surface area contributed by atoms with E-state index in [9.17, 15) is 31.9 Å². The van der Waals surface area contributed by atoms with Crippen molar-refractivity contribution >= 4 is 22.9 Å². The number of nitrogens with zero attached hydrogens (tertiary/aromatic N) is 1. The lowest BCUT2D eigenvalue weighted by Gasteiger charge is -2.21. The SMILES string of the molecule is CN1C[C@H](c2csc(C(F)(F)F)c2)[C@@H](C(=O)Nc2cccc(F)c2F)C1O. The summed E-state index contributed by atoms with van der Waals surface area (Å²) in [7, 11) is 1.52. The molecule has 1 aliphatic rings. The standard InChI is InChI=1S/C17H15F5N2O2S/c1-24-6-9(8-5-12(27-7-8)17(20,21)22)13(16(24)26)15(25)23-11-4-2-3-10(18)14(11)19/h2-5,7,9,13,16,26H,6H2,1H3,(H,23,25)/t9-,13+,16?/m1/s1. The molecule has 4 nitrogen and oxygen atoms in total. The molecule has 1 aromatic heterocycles. The van der Waals surface area contributed by atoms with Crippen molar-refractivity contribution in [1.29, 1.82) is 0 Å². The summed E-state index contributed by atoms with van der Waals surface area (Å²) in [5.41, 5.74) is -0.141. The average Bonchev–Trinajstić information content (AvgIpc) is 3.17. The number of nitrogens with one attached hydrogen (secondary N) is 1. The number of rotatable bonds is 3. The van der Waals surface area contributed by atoms with Crippen molar-refractivity contribution in [3.63, 3.8) is 0 Å². The molecule has 10 heteroatoms. The number of benzene rings is 1. The Morgan fingerprint density at radius 1 is 1.33 bits per heavy atom. The molecule has 0 aliphatic carbocycles. The van der Waals surface area contributed by atoms with Crippen LogP contribution in [0.2, 0.25) is 0 Å². The summed E-state index contributed by atoms with van der Waals surface area (Å²) in [5, 5.41) is 13.8. The molecule has 2 aromatic rings. The zero-order valence-corrected chi connectivity index (χ0v) is 14.7. The lowest BCUT2D eigenvalue weighted by Crippen LogP contribution is -2.36. The fourth-order valence-corrected chi connectivity index (χ4v) is 4.00. The molecule has 1 fully saturated rings. The summed E-state index contributed by atoms with van der Waals surface area (Å²) < 4.78 is 65.7. The Morgan fingerprint density at radius 2 is 2.04 bits per heavy atom. The maximum Gasteiger partial charge on any atom is 0.425 e. The Bertz CT molecular complexity index is 854. The fourth-order valence-electron chi connectivity index (χ4n) is 3.16. The lowest BCUT2D eigenvalue weighted by molar-refractivity contribution is -0.134. The highest BCUT2D eigenvalue weighted by Crippen LogP contribution is 2.41. The van der Waals surface area contributed by atoms with E-state index in [0.29, 0.717) is 11.3 Å². The number of thiophene rings is 1. The summed E-state index contributed by atoms with van der Waals surface area (Å²) in [6.45, 7) is 0.138. The number of likely N-dealkylation sites (N-methyl/N-ethyl adjacent to an activating group) is 1. The van der Waals surface area contributed by atoms with E-state index in [1.165, 1.54) is 23.4 Å². The number of alkyl halides is 3. The van der Waals surface area contributed by atoms with Crippen molar-refractivity contribution in [2.45, 2.75) is 18.3 Å². The number of aliphatic hydroxyl groups is 1. The van der Waals surface area contributed by atoms with Crippen LogP contribution in [-0.2, 0) is 11.0 Å². The monoisotopic (exact) mass is 406 g/mol. The molecule has 0 bridgehead atoms. The first-order valence-electron chi connectivity index (χ1n) is 7.88. The van der Waals surface area contributed by atoms with Crippen molar-refractivity contribution in [1.82, 2.24) is 4.90 Å². The minimum absolute atomic E-state index is 0.138. The summed E-state index contributed by atoms with van der Waals surface area (Å²) in [6.07, 6.45) is -5.78. The van der Waals surface area contributed by atoms with E-state index < -0.39 is 52.3 Å². The van der Waals surface area contributed by atoms with Gasteiger partial charge in [0.05, 0.1) is 11.6 Å². The molecule has 0 radical (unpaired) electrons. The molecule has 3 rings (SSSR count). The highest BCUT2D eigenvalue weighted by molar-refractivity contribution is 7.10. The van der Waals surface area contributed by atoms with Crippen molar-refractivity contribution in [3.8, 4) is 0 Å². The van der Waals surface area contributed by atoms with Crippen molar-refractivity contribution in [2.75, 3.05) is 18.9 Å². The Balaban J connectivity index is 1.88. The second-order valence-electron chi connectivity index (χ2n) is 6.32. The Hall–Kier alpha value is -2.04. The van der Waals surface area contributed by atoms with Crippen LogP contribution in [0, 0.1) is 17.6 Å². The van der Waals surface area contributed by atoms with E-state index in [-0.39, 0.29) is 12.1 Å². The third-order valence-electron chi connectivity index (χ3n) is 4.53. The lowest BCUT2D eigenvalue weighted by atomic mass is 9.88. The maximum absolute atomic E-state index is 13.8. The van der Waals surface area contributed by atoms with E-state index in [0.717, 1.165) is 18.2 Å². The van der Waals surface area contributed by atoms with Gasteiger partial charge in [0.15, 0.2) is 11.6 Å². The number of halogens is 5. The van der Waals surface area contributed by atoms with Gasteiger partial charge in [0.25, 0.3) is 0 Å². The zero-order valence-electron chi connectivity index (χ0n) is 13.9. The molecule has 0 spiro atoms. The normalized spacial score (nSPS) is 23.6. The first-order chi connectivity index (χ1) is 12.6. The number of likely N-dealkylation sites (tertiary alicyclic amines) is 1. The van der Waals surface area contributed by atoms with Gasteiger partial charge in [-0.15, -0.1) is 11.3 Å². The summed E-state index contributed by atoms with van der Waals surface area (Å²) in [5.74, 6) is -5.08. The average molecular weight is 406 g/mol. The van der Waals surface area contributed by atoms with Crippen LogP contribution in [0.5, 0.6) is 0 Å². The third-order valence-corrected chi connectivity index (χ3v) is 5.52. The van der Waals surface area contributed by atoms with E-state index in [2.05, 4.69) is 5.32 Å². The number of aliphatic hydroxyl groups excluding tert-OH is 1. The summed E-state index contributed by atoms with van der Waals surface area (Å²) >= 11 is 0.501. The largest absolute Gasteiger partial charge is 0.425 e. The highest BCUT2D eigenvalue weighted by atomic mass is 32.1. The van der Waals surface area contributed by atoms with Gasteiger partial charge in [-0.25, -0.2) is 8.78 Å². The molecule has 27 heavy (non-hydrogen) atoms. The van der Waals surface area contributed by atoms with Crippen LogP contribution in [0.3, 0.4) is 0 Å². The number of carbonyl (C=O) groups excluding carboxylic acids is 1. The number of carbonyl (C=O) groups is 1. The topological polar surface area (TPSA) is 52.6 Å². The quantitative estimate of drug-likeness (QED) is 0.766. The van der Waals surface area contributed by atoms with E-state index in [1.807, 2.05) is 0 Å². The molecule has 1 aromatic carbocycles. The van der Waals surface area contributed by atoms with Gasteiger partial charge in [-0.1, -0.05) is 6.07 Å². The molecule has 146 valence electrons. The Morgan fingerprint density at radius 3 is 2.67 bits per heavy atom. The zero-order chi connectivity index (χ0) is 19.9. The summed E-state index contributed by atoms with van der Waals surface area (Å²) in [4.78, 5) is 13.2. The van der Waals surface area contributed by atoms with Gasteiger partial charge in [0, 0.05) is 12.5 Å². The number of hydrogen-bond acceptors (Lipinski definition) is 4. The highest BCUT2D eigenvalue weighted by Gasteiger charge is 2.45. The molecule has 2 N–H and O–H groups in total. The van der Waals surface area contributed by atoms with E-state index in [4.69, 9.17) is 0 Å². The molecule has 3 atom stereocenters. The number of hydrogen-bond donors (Lipinski definition) is 2. The van der Waals surface area contributed by atoms with Gasteiger partial charge in [0.2, 0.25) is 5.91 Å². The third kappa shape index (κ3) is 3.83. The van der Waals surface area contributed by atoms with Gasteiger partial charge in [-0.2, -0.15) is 13.2 Å². The molecule has 0 saturated carbocycles. The molecular weight excluding hydrogens is 391 g/mol. The minimum Gasteiger partial charge on any atom is -0.378 e. The van der Waals surface area contributed by atoms with Crippen molar-refractivity contribution < 1.29 is 31.9 Å². The van der Waals surface area contributed by atoms with Gasteiger partial charge in [-0.05, 0) is 36.2 Å². The van der Waals surface area contributed by atoms with Gasteiger partial charge >= 0.3 is 6.18 Å². The van der Waals surface area contributed by atoms with Crippen molar-refractivity contribution in [3.05, 3.63) is 51.7 Å². The predicted molar refractivity (Wildman–Crippen MR) is 89.2 cm³/mol. The van der Waals surface area contributed by atoms with E-state index >= 15 is 0 Å². The molecule has 2 heterocycles. The van der Waals surface area contributed by atoms with Crippen LogP contribution in [0.4, 0.5) is 27.6 Å². The first kappa shape index (κ1) is 19.7. The van der Waals surface area contributed by atoms with Gasteiger partial charge in [0.1, 0.15) is 11.1 Å². The van der Waals surface area contributed by atoms with Crippen LogP contribution in [0.15, 0.2) is 29.6 Å². The van der Waals surface area contributed by atoms with Crippen LogP contribution in [0.1, 0.15) is 16.4 Å². The van der Waals surface area contributed by atoms with Gasteiger partial charge < -0.3 is 10.4 Å². The Labute approximate surface area is 155 Å². The molecule has 1 aliphatic heterocycles. The summed E-state index contributed by atoms with van der Waals surface area (Å²) in [6, 6.07) is 4.19. The fraction of sp³-hybridized carbons (Fsp3) is 0.353.